The summed E-state index contributed by atoms with van der Waals surface area (Å²) in [5.41, 5.74) is 7.63. The van der Waals surface area contributed by atoms with Gasteiger partial charge in [0.1, 0.15) is 12.2 Å². The van der Waals surface area contributed by atoms with Gasteiger partial charge in [-0.25, -0.2) is 9.78 Å². The molecular formula is C19H15F3N6O2. The number of primary amides is 1. The lowest BCUT2D eigenvalue weighted by molar-refractivity contribution is -0.118. The van der Waals surface area contributed by atoms with E-state index in [0.717, 1.165) is 0 Å². The fourth-order valence-electron chi connectivity index (χ4n) is 3.05. The molecule has 2 N–H and O–H groups in total. The minimum absolute atomic E-state index is 0.0326. The highest BCUT2D eigenvalue weighted by atomic mass is 19.4. The van der Waals surface area contributed by atoms with E-state index in [2.05, 4.69) is 15.2 Å². The van der Waals surface area contributed by atoms with E-state index in [1.807, 2.05) is 0 Å². The first kappa shape index (κ1) is 19.4. The van der Waals surface area contributed by atoms with Crippen molar-refractivity contribution in [1.29, 1.82) is 0 Å². The van der Waals surface area contributed by atoms with Gasteiger partial charge in [0.15, 0.2) is 0 Å². The molecule has 0 aliphatic rings. The van der Waals surface area contributed by atoms with Gasteiger partial charge in [0, 0.05) is 29.9 Å². The largest absolute Gasteiger partial charge is 0.421 e. The van der Waals surface area contributed by atoms with Crippen LogP contribution < -0.4 is 10.6 Å². The molecule has 8 nitrogen and oxygen atoms in total. The first-order chi connectivity index (χ1) is 14.2. The lowest BCUT2D eigenvalue weighted by Crippen LogP contribution is -2.42. The van der Waals surface area contributed by atoms with E-state index < -0.39 is 18.8 Å². The van der Waals surface area contributed by atoms with Gasteiger partial charge in [0.05, 0.1) is 11.9 Å². The van der Waals surface area contributed by atoms with Crippen molar-refractivity contribution in [3.8, 4) is 22.7 Å². The molecule has 0 saturated heterocycles. The van der Waals surface area contributed by atoms with Gasteiger partial charge < -0.3 is 10.2 Å². The highest BCUT2D eigenvalue weighted by Crippen LogP contribution is 2.29. The first-order valence-corrected chi connectivity index (χ1v) is 8.73. The van der Waals surface area contributed by atoms with Crippen molar-refractivity contribution in [3.05, 3.63) is 54.7 Å². The van der Waals surface area contributed by atoms with Crippen LogP contribution in [0.25, 0.3) is 28.4 Å². The number of halogens is 3. The maximum atomic E-state index is 12.8. The number of urea groups is 1. The van der Waals surface area contributed by atoms with Gasteiger partial charge >= 0.3 is 12.2 Å². The smallest absolute Gasteiger partial charge is 0.406 e. The Hall–Kier alpha value is -3.89. The molecule has 4 rings (SSSR count). The highest BCUT2D eigenvalue weighted by molar-refractivity contribution is 5.91. The monoisotopic (exact) mass is 416 g/mol. The molecular weight excluding hydrogens is 401 g/mol. The number of fused-ring (bicyclic) bond motifs is 1. The second-order valence-electron chi connectivity index (χ2n) is 6.50. The van der Waals surface area contributed by atoms with E-state index in [1.165, 1.54) is 12.1 Å². The Kier molecular flexibility index (Phi) is 4.65. The Labute approximate surface area is 167 Å². The molecule has 11 heteroatoms. The molecule has 0 fully saturated rings. The van der Waals surface area contributed by atoms with Gasteiger partial charge in [-0.05, 0) is 24.3 Å². The number of aromatic nitrogens is 4. The summed E-state index contributed by atoms with van der Waals surface area (Å²) < 4.78 is 45.7. The van der Waals surface area contributed by atoms with Crippen molar-refractivity contribution in [2.75, 3.05) is 11.4 Å². The lowest BCUT2D eigenvalue weighted by Gasteiger charge is -2.22. The number of nitrogens with zero attached hydrogens (tertiary/aromatic N) is 5. The molecule has 4 aromatic rings. The van der Waals surface area contributed by atoms with Crippen LogP contribution in [0.5, 0.6) is 0 Å². The van der Waals surface area contributed by atoms with Gasteiger partial charge in [-0.3, -0.25) is 9.30 Å². The molecule has 0 aliphatic carbocycles. The number of hydrogen-bond donors (Lipinski definition) is 1. The standard InChI is InChI=1S/C19H15F3N6O2/c1-11-25-26-17(30-11)13-5-6-27-15(9-24-16(27)8-13)12-3-2-4-14(7-12)28(18(23)29)10-19(20,21)22/h2-9H,10H2,1H3,(H2,23,29). The van der Waals surface area contributed by atoms with Crippen LogP contribution in [0, 0.1) is 6.92 Å². The molecule has 0 unspecified atom stereocenters. The van der Waals surface area contributed by atoms with Crippen LogP contribution in [0.1, 0.15) is 5.89 Å². The van der Waals surface area contributed by atoms with Crippen LogP contribution in [-0.4, -0.2) is 38.3 Å². The lowest BCUT2D eigenvalue weighted by atomic mass is 10.1. The Balaban J connectivity index is 1.72. The fourth-order valence-corrected chi connectivity index (χ4v) is 3.05. The molecule has 3 aromatic heterocycles. The van der Waals surface area contributed by atoms with Crippen LogP contribution in [0.15, 0.2) is 53.2 Å². The predicted molar refractivity (Wildman–Crippen MR) is 102 cm³/mol. The van der Waals surface area contributed by atoms with Crippen LogP contribution in [0.2, 0.25) is 0 Å². The molecule has 154 valence electrons. The molecule has 1 aromatic carbocycles. The summed E-state index contributed by atoms with van der Waals surface area (Å²) in [4.78, 5) is 16.4. The Bertz CT molecular complexity index is 1230. The third kappa shape index (κ3) is 3.81. The Morgan fingerprint density at radius 2 is 2.00 bits per heavy atom. The third-order valence-electron chi connectivity index (χ3n) is 4.34. The maximum absolute atomic E-state index is 12.8. The normalized spacial score (nSPS) is 11.7. The number of nitrogens with two attached hydrogens (primary N) is 1. The van der Waals surface area contributed by atoms with E-state index in [-0.39, 0.29) is 5.69 Å². The molecule has 0 atom stereocenters. The summed E-state index contributed by atoms with van der Waals surface area (Å²) in [7, 11) is 0. The van der Waals surface area contributed by atoms with Gasteiger partial charge in [-0.15, -0.1) is 10.2 Å². The number of carbonyl (C=O) groups is 1. The SMILES string of the molecule is Cc1nnc(-c2ccn3c(-c4cccc(N(CC(F)(F)F)C(N)=O)c4)cnc3c2)o1. The quantitative estimate of drug-likeness (QED) is 0.545. The topological polar surface area (TPSA) is 103 Å². The van der Waals surface area contributed by atoms with Gasteiger partial charge in [-0.1, -0.05) is 12.1 Å². The molecule has 0 radical (unpaired) electrons. The number of rotatable bonds is 4. The molecule has 30 heavy (non-hydrogen) atoms. The summed E-state index contributed by atoms with van der Waals surface area (Å²) in [5, 5.41) is 7.76. The minimum Gasteiger partial charge on any atom is -0.421 e. The zero-order valence-electron chi connectivity index (χ0n) is 15.6. The van der Waals surface area contributed by atoms with Crippen LogP contribution in [0.3, 0.4) is 0 Å². The maximum Gasteiger partial charge on any atom is 0.406 e. The Morgan fingerprint density at radius 1 is 1.20 bits per heavy atom. The average Bonchev–Trinajstić information content (AvgIpc) is 3.31. The third-order valence-corrected chi connectivity index (χ3v) is 4.34. The van der Waals surface area contributed by atoms with E-state index in [1.54, 1.807) is 48.0 Å². The number of anilines is 1. The second-order valence-corrected chi connectivity index (χ2v) is 6.50. The Morgan fingerprint density at radius 3 is 2.67 bits per heavy atom. The number of amides is 2. The van der Waals surface area contributed by atoms with Crippen molar-refractivity contribution < 1.29 is 22.4 Å². The number of hydrogen-bond acceptors (Lipinski definition) is 5. The van der Waals surface area contributed by atoms with Gasteiger partial charge in [0.25, 0.3) is 0 Å². The van der Waals surface area contributed by atoms with Crippen LogP contribution in [0.4, 0.5) is 23.7 Å². The molecule has 0 spiro atoms. The first-order valence-electron chi connectivity index (χ1n) is 8.73. The number of alkyl halides is 3. The number of pyridine rings is 1. The van der Waals surface area contributed by atoms with E-state index in [0.29, 0.717) is 39.1 Å². The molecule has 0 bridgehead atoms. The van der Waals surface area contributed by atoms with E-state index in [9.17, 15) is 18.0 Å². The van der Waals surface area contributed by atoms with Crippen molar-refractivity contribution in [2.24, 2.45) is 5.73 Å². The second kappa shape index (κ2) is 7.17. The summed E-state index contributed by atoms with van der Waals surface area (Å²) in [6.45, 7) is 0.204. The van der Waals surface area contributed by atoms with Gasteiger partial charge in [-0.2, -0.15) is 13.2 Å². The summed E-state index contributed by atoms with van der Waals surface area (Å²) >= 11 is 0. The molecule has 2 amide bonds. The van der Waals surface area contributed by atoms with Crippen molar-refractivity contribution in [1.82, 2.24) is 19.6 Å². The fraction of sp³-hybridized carbons (Fsp3) is 0.158. The van der Waals surface area contributed by atoms with Crippen molar-refractivity contribution in [3.63, 3.8) is 0 Å². The number of carbonyl (C=O) groups excluding carboxylic acids is 1. The van der Waals surface area contributed by atoms with Crippen LogP contribution in [-0.2, 0) is 0 Å². The summed E-state index contributed by atoms with van der Waals surface area (Å²) in [6, 6.07) is 8.41. The molecule has 0 saturated carbocycles. The average molecular weight is 416 g/mol. The zero-order chi connectivity index (χ0) is 21.5. The number of aryl methyl sites for hydroxylation is 1. The number of imidazole rings is 1. The molecule has 3 heterocycles. The minimum atomic E-state index is -4.59. The van der Waals surface area contributed by atoms with Crippen molar-refractivity contribution >= 4 is 17.4 Å². The highest BCUT2D eigenvalue weighted by Gasteiger charge is 2.33. The van der Waals surface area contributed by atoms with Gasteiger partial charge in [0.2, 0.25) is 11.8 Å². The predicted octanol–water partition coefficient (Wildman–Crippen LogP) is 3.81. The summed E-state index contributed by atoms with van der Waals surface area (Å²) in [6.07, 6.45) is -1.27. The molecule has 0 aliphatic heterocycles. The van der Waals surface area contributed by atoms with E-state index >= 15 is 0 Å². The zero-order valence-corrected chi connectivity index (χ0v) is 15.6. The van der Waals surface area contributed by atoms with E-state index in [4.69, 9.17) is 10.2 Å². The van der Waals surface area contributed by atoms with Crippen molar-refractivity contribution in [2.45, 2.75) is 13.1 Å². The summed E-state index contributed by atoms with van der Waals surface area (Å²) in [5.74, 6) is 0.786. The number of benzene rings is 1. The van der Waals surface area contributed by atoms with Crippen LogP contribution >= 0.6 is 0 Å².